The Kier molecular flexibility index (Phi) is 5.45. The van der Waals surface area contributed by atoms with Gasteiger partial charge in [-0.25, -0.2) is 0 Å². The van der Waals surface area contributed by atoms with Crippen LogP contribution in [0, 0.1) is 0 Å². The average Bonchev–Trinajstić information content (AvgIpc) is 2.19. The number of benzene rings is 1. The van der Waals surface area contributed by atoms with Gasteiger partial charge in [-0.05, 0) is 38.1 Å². The molecular formula is C13H19BrClNO. The van der Waals surface area contributed by atoms with Crippen molar-refractivity contribution in [3.63, 3.8) is 0 Å². The third-order valence-corrected chi connectivity index (χ3v) is 3.31. The normalized spacial score (nSPS) is 12.2. The minimum Gasteiger partial charge on any atom is -0.389 e. The quantitative estimate of drug-likeness (QED) is 0.894. The average molecular weight is 321 g/mol. The summed E-state index contributed by atoms with van der Waals surface area (Å²) in [6.45, 7) is 8.00. The zero-order valence-corrected chi connectivity index (χ0v) is 12.8. The fraction of sp³-hybridized carbons (Fsp3) is 0.538. The first-order valence-corrected chi connectivity index (χ1v) is 6.87. The Morgan fingerprint density at radius 3 is 2.53 bits per heavy atom. The first-order valence-electron chi connectivity index (χ1n) is 5.70. The number of hydrogen-bond acceptors (Lipinski definition) is 2. The molecule has 17 heavy (non-hydrogen) atoms. The van der Waals surface area contributed by atoms with Crippen LogP contribution in [0.15, 0.2) is 22.7 Å². The van der Waals surface area contributed by atoms with Gasteiger partial charge in [0, 0.05) is 22.6 Å². The van der Waals surface area contributed by atoms with Crippen molar-refractivity contribution in [2.45, 2.75) is 32.9 Å². The highest BCUT2D eigenvalue weighted by molar-refractivity contribution is 9.10. The number of nitrogens with zero attached hydrogens (tertiary/aromatic N) is 1. The molecule has 1 aromatic carbocycles. The maximum absolute atomic E-state index is 9.83. The summed E-state index contributed by atoms with van der Waals surface area (Å²) >= 11 is 9.57. The molecule has 0 aliphatic rings. The second-order valence-electron chi connectivity index (χ2n) is 4.85. The SMILES string of the molecule is CCN(Cc1ccc(Br)cc1Cl)CC(C)(C)O. The number of rotatable bonds is 5. The van der Waals surface area contributed by atoms with E-state index in [0.29, 0.717) is 6.54 Å². The lowest BCUT2D eigenvalue weighted by molar-refractivity contribution is 0.0353. The third-order valence-electron chi connectivity index (χ3n) is 2.47. The standard InChI is InChI=1S/C13H19BrClNO/c1-4-16(9-13(2,3)17)8-10-5-6-11(14)7-12(10)15/h5-7,17H,4,8-9H2,1-3H3. The van der Waals surface area contributed by atoms with Crippen molar-refractivity contribution in [3.8, 4) is 0 Å². The summed E-state index contributed by atoms with van der Waals surface area (Å²) in [7, 11) is 0. The van der Waals surface area contributed by atoms with E-state index in [4.69, 9.17) is 11.6 Å². The Labute approximate surface area is 117 Å². The van der Waals surface area contributed by atoms with Crippen molar-refractivity contribution in [2.75, 3.05) is 13.1 Å². The molecule has 0 saturated carbocycles. The topological polar surface area (TPSA) is 23.5 Å². The molecule has 0 unspecified atom stereocenters. The van der Waals surface area contributed by atoms with E-state index >= 15 is 0 Å². The molecule has 0 aromatic heterocycles. The van der Waals surface area contributed by atoms with Crippen LogP contribution >= 0.6 is 27.5 Å². The Hall–Kier alpha value is -0.0900. The van der Waals surface area contributed by atoms with Crippen LogP contribution in [0.2, 0.25) is 5.02 Å². The van der Waals surface area contributed by atoms with Crippen LogP contribution in [-0.4, -0.2) is 28.7 Å². The van der Waals surface area contributed by atoms with Crippen molar-refractivity contribution in [1.29, 1.82) is 0 Å². The Morgan fingerprint density at radius 2 is 2.06 bits per heavy atom. The molecule has 2 nitrogen and oxygen atoms in total. The lowest BCUT2D eigenvalue weighted by Crippen LogP contribution is -2.38. The van der Waals surface area contributed by atoms with Gasteiger partial charge < -0.3 is 5.11 Å². The van der Waals surface area contributed by atoms with E-state index in [1.807, 2.05) is 32.0 Å². The second kappa shape index (κ2) is 6.19. The van der Waals surface area contributed by atoms with Crippen molar-refractivity contribution in [3.05, 3.63) is 33.3 Å². The van der Waals surface area contributed by atoms with Gasteiger partial charge in [-0.1, -0.05) is 40.5 Å². The van der Waals surface area contributed by atoms with E-state index in [-0.39, 0.29) is 0 Å². The molecule has 1 aromatic rings. The van der Waals surface area contributed by atoms with Crippen molar-refractivity contribution in [1.82, 2.24) is 4.90 Å². The molecular weight excluding hydrogens is 302 g/mol. The van der Waals surface area contributed by atoms with E-state index in [2.05, 4.69) is 27.8 Å². The van der Waals surface area contributed by atoms with E-state index < -0.39 is 5.60 Å². The highest BCUT2D eigenvalue weighted by Crippen LogP contribution is 2.23. The minimum atomic E-state index is -0.683. The van der Waals surface area contributed by atoms with E-state index in [9.17, 15) is 5.11 Å². The van der Waals surface area contributed by atoms with Crippen LogP contribution in [0.25, 0.3) is 0 Å². The summed E-state index contributed by atoms with van der Waals surface area (Å²) in [6, 6.07) is 5.90. The molecule has 1 N–H and O–H groups in total. The Morgan fingerprint density at radius 1 is 1.41 bits per heavy atom. The van der Waals surface area contributed by atoms with Gasteiger partial charge in [-0.15, -0.1) is 0 Å². The second-order valence-corrected chi connectivity index (χ2v) is 6.17. The predicted molar refractivity (Wildman–Crippen MR) is 76.4 cm³/mol. The number of hydrogen-bond donors (Lipinski definition) is 1. The molecule has 0 bridgehead atoms. The highest BCUT2D eigenvalue weighted by Gasteiger charge is 2.17. The molecule has 0 atom stereocenters. The van der Waals surface area contributed by atoms with Crippen molar-refractivity contribution in [2.24, 2.45) is 0 Å². The summed E-state index contributed by atoms with van der Waals surface area (Å²) < 4.78 is 0.983. The van der Waals surface area contributed by atoms with Gasteiger partial charge in [-0.3, -0.25) is 4.90 Å². The third kappa shape index (κ3) is 5.38. The largest absolute Gasteiger partial charge is 0.389 e. The van der Waals surface area contributed by atoms with E-state index in [1.54, 1.807) is 0 Å². The lowest BCUT2D eigenvalue weighted by Gasteiger charge is -2.28. The van der Waals surface area contributed by atoms with Crippen LogP contribution in [-0.2, 0) is 6.54 Å². The van der Waals surface area contributed by atoms with Crippen LogP contribution in [0.5, 0.6) is 0 Å². The molecule has 0 amide bonds. The first kappa shape index (κ1) is 15.0. The molecule has 1 rings (SSSR count). The predicted octanol–water partition coefficient (Wildman–Crippen LogP) is 3.70. The molecule has 96 valence electrons. The van der Waals surface area contributed by atoms with Gasteiger partial charge in [0.15, 0.2) is 0 Å². The van der Waals surface area contributed by atoms with Crippen molar-refractivity contribution >= 4 is 27.5 Å². The molecule has 0 spiro atoms. The molecule has 0 aliphatic heterocycles. The first-order chi connectivity index (χ1) is 7.81. The fourth-order valence-electron chi connectivity index (χ4n) is 1.72. The van der Waals surface area contributed by atoms with Gasteiger partial charge in [0.2, 0.25) is 0 Å². The lowest BCUT2D eigenvalue weighted by atomic mass is 10.1. The van der Waals surface area contributed by atoms with Crippen LogP contribution in [0.1, 0.15) is 26.3 Å². The van der Waals surface area contributed by atoms with Crippen LogP contribution < -0.4 is 0 Å². The van der Waals surface area contributed by atoms with E-state index in [0.717, 1.165) is 28.1 Å². The summed E-state index contributed by atoms with van der Waals surface area (Å²) in [5.74, 6) is 0. The number of halogens is 2. The number of likely N-dealkylation sites (N-methyl/N-ethyl adjacent to an activating group) is 1. The van der Waals surface area contributed by atoms with Gasteiger partial charge >= 0.3 is 0 Å². The minimum absolute atomic E-state index is 0.635. The maximum atomic E-state index is 9.83. The highest BCUT2D eigenvalue weighted by atomic mass is 79.9. The monoisotopic (exact) mass is 319 g/mol. The molecule has 0 heterocycles. The molecule has 0 aliphatic carbocycles. The van der Waals surface area contributed by atoms with Gasteiger partial charge in [-0.2, -0.15) is 0 Å². The van der Waals surface area contributed by atoms with E-state index in [1.165, 1.54) is 0 Å². The fourth-order valence-corrected chi connectivity index (χ4v) is 2.45. The summed E-state index contributed by atoms with van der Waals surface area (Å²) in [5.41, 5.74) is 0.402. The molecule has 4 heteroatoms. The van der Waals surface area contributed by atoms with Crippen molar-refractivity contribution < 1.29 is 5.11 Å². The summed E-state index contributed by atoms with van der Waals surface area (Å²) in [5, 5.41) is 10.6. The van der Waals surface area contributed by atoms with Gasteiger partial charge in [0.25, 0.3) is 0 Å². The zero-order chi connectivity index (χ0) is 13.1. The Bertz CT molecular complexity index is 376. The zero-order valence-electron chi connectivity index (χ0n) is 10.5. The molecule has 0 saturated heterocycles. The van der Waals surface area contributed by atoms with Crippen LogP contribution in [0.4, 0.5) is 0 Å². The maximum Gasteiger partial charge on any atom is 0.0718 e. The summed E-state index contributed by atoms with van der Waals surface area (Å²) in [4.78, 5) is 2.18. The van der Waals surface area contributed by atoms with Gasteiger partial charge in [0.1, 0.15) is 0 Å². The van der Waals surface area contributed by atoms with Gasteiger partial charge in [0.05, 0.1) is 5.60 Å². The van der Waals surface area contributed by atoms with Crippen LogP contribution in [0.3, 0.4) is 0 Å². The smallest absolute Gasteiger partial charge is 0.0718 e. The molecule has 0 radical (unpaired) electrons. The Balaban J connectivity index is 2.74. The summed E-state index contributed by atoms with van der Waals surface area (Å²) in [6.07, 6.45) is 0. The molecule has 0 fully saturated rings. The number of aliphatic hydroxyl groups is 1.